The van der Waals surface area contributed by atoms with E-state index in [0.29, 0.717) is 6.04 Å². The molecule has 3 aromatic rings. The molecule has 0 N–H and O–H groups in total. The van der Waals surface area contributed by atoms with E-state index in [2.05, 4.69) is 35.2 Å². The molecule has 0 amide bonds. The van der Waals surface area contributed by atoms with Crippen LogP contribution in [0.2, 0.25) is 0 Å². The second kappa shape index (κ2) is 6.85. The van der Waals surface area contributed by atoms with Crippen LogP contribution in [0, 0.1) is 0 Å². The minimum Gasteiger partial charge on any atom is -0.500 e. The number of hydrogen-bond donors (Lipinski definition) is 0. The van der Waals surface area contributed by atoms with Gasteiger partial charge < -0.3 is 18.9 Å². The minimum absolute atomic E-state index is 0.365. The molecule has 29 heavy (non-hydrogen) atoms. The van der Waals surface area contributed by atoms with Crippen molar-refractivity contribution in [2.45, 2.75) is 19.0 Å². The third-order valence-corrected chi connectivity index (χ3v) is 6.30. The van der Waals surface area contributed by atoms with Crippen LogP contribution in [0.1, 0.15) is 11.1 Å². The maximum atomic E-state index is 5.62. The van der Waals surface area contributed by atoms with E-state index in [4.69, 9.17) is 18.9 Å². The first-order chi connectivity index (χ1) is 14.2. The highest BCUT2D eigenvalue weighted by Crippen LogP contribution is 2.44. The number of fused-ring (bicyclic) bond motifs is 7. The van der Waals surface area contributed by atoms with Crippen LogP contribution in [-0.4, -0.2) is 45.9 Å². The van der Waals surface area contributed by atoms with Crippen LogP contribution in [0.25, 0.3) is 21.5 Å². The van der Waals surface area contributed by atoms with E-state index < -0.39 is 0 Å². The van der Waals surface area contributed by atoms with Gasteiger partial charge in [-0.15, -0.1) is 0 Å². The van der Waals surface area contributed by atoms with E-state index in [-0.39, 0.29) is 0 Å². The van der Waals surface area contributed by atoms with Crippen LogP contribution in [0.3, 0.4) is 0 Å². The molecule has 5 rings (SSSR count). The standard InChI is InChI=1S/C24H25NO4/c1-26-15-5-6-17-19(9-15)21-11-24(29-4)23(28-3)10-20(21)18-8-14-7-16(27-2)12-25(14)13-22(17)18/h5-7,9-11,14H,8,12-13H2,1-4H3/t14-/m1/s1. The number of methoxy groups -OCH3 is 4. The molecule has 0 saturated carbocycles. The van der Waals surface area contributed by atoms with Gasteiger partial charge in [0.1, 0.15) is 11.5 Å². The van der Waals surface area contributed by atoms with Gasteiger partial charge in [0.05, 0.1) is 35.0 Å². The fourth-order valence-corrected chi connectivity index (χ4v) is 4.82. The van der Waals surface area contributed by atoms with E-state index in [9.17, 15) is 0 Å². The van der Waals surface area contributed by atoms with Gasteiger partial charge in [-0.1, -0.05) is 6.07 Å². The average molecular weight is 391 g/mol. The lowest BCUT2D eigenvalue weighted by molar-refractivity contribution is 0.209. The molecule has 150 valence electrons. The Hall–Kier alpha value is -2.92. The molecule has 2 aliphatic heterocycles. The van der Waals surface area contributed by atoms with Crippen molar-refractivity contribution in [3.63, 3.8) is 0 Å². The van der Waals surface area contributed by atoms with Crippen molar-refractivity contribution in [2.24, 2.45) is 0 Å². The molecule has 2 aliphatic rings. The van der Waals surface area contributed by atoms with Crippen molar-refractivity contribution in [3.05, 3.63) is 53.3 Å². The fraction of sp³-hybridized carbons (Fsp3) is 0.333. The zero-order valence-corrected chi connectivity index (χ0v) is 17.2. The number of benzene rings is 3. The van der Waals surface area contributed by atoms with E-state index in [1.165, 1.54) is 27.3 Å². The van der Waals surface area contributed by atoms with Crippen molar-refractivity contribution in [2.75, 3.05) is 35.0 Å². The van der Waals surface area contributed by atoms with Crippen molar-refractivity contribution < 1.29 is 18.9 Å². The molecule has 2 heterocycles. The molecule has 0 radical (unpaired) electrons. The second-order valence-electron chi connectivity index (χ2n) is 7.63. The predicted octanol–water partition coefficient (Wildman–Crippen LogP) is 4.29. The van der Waals surface area contributed by atoms with Gasteiger partial charge in [0.25, 0.3) is 0 Å². The highest BCUT2D eigenvalue weighted by molar-refractivity contribution is 6.12. The molecule has 0 saturated heterocycles. The van der Waals surface area contributed by atoms with Crippen LogP contribution in [0.4, 0.5) is 0 Å². The zero-order chi connectivity index (χ0) is 20.1. The Kier molecular flexibility index (Phi) is 4.28. The molecule has 5 heteroatoms. The van der Waals surface area contributed by atoms with Gasteiger partial charge in [0.15, 0.2) is 11.5 Å². The fourth-order valence-electron chi connectivity index (χ4n) is 4.82. The lowest BCUT2D eigenvalue weighted by atomic mass is 9.85. The van der Waals surface area contributed by atoms with E-state index >= 15 is 0 Å². The van der Waals surface area contributed by atoms with Gasteiger partial charge >= 0.3 is 0 Å². The topological polar surface area (TPSA) is 40.2 Å². The number of hydrogen-bond acceptors (Lipinski definition) is 5. The molecule has 5 nitrogen and oxygen atoms in total. The summed E-state index contributed by atoms with van der Waals surface area (Å²) in [6.45, 7) is 1.76. The summed E-state index contributed by atoms with van der Waals surface area (Å²) in [4.78, 5) is 2.48. The highest BCUT2D eigenvalue weighted by Gasteiger charge is 2.33. The molecular formula is C24H25NO4. The van der Waals surface area contributed by atoms with Crippen LogP contribution in [-0.2, 0) is 17.7 Å². The van der Waals surface area contributed by atoms with Crippen LogP contribution in [0.15, 0.2) is 42.2 Å². The molecule has 0 unspecified atom stereocenters. The van der Waals surface area contributed by atoms with Crippen molar-refractivity contribution in [3.8, 4) is 17.2 Å². The molecule has 0 fully saturated rings. The van der Waals surface area contributed by atoms with Gasteiger partial charge in [-0.2, -0.15) is 0 Å². The van der Waals surface area contributed by atoms with E-state index in [0.717, 1.165) is 47.9 Å². The number of nitrogens with zero attached hydrogens (tertiary/aromatic N) is 1. The van der Waals surface area contributed by atoms with Crippen molar-refractivity contribution in [1.82, 2.24) is 4.90 Å². The summed E-state index contributed by atoms with van der Waals surface area (Å²) in [6, 6.07) is 10.9. The Bertz CT molecular complexity index is 1150. The van der Waals surface area contributed by atoms with Gasteiger partial charge in [-0.3, -0.25) is 4.90 Å². The van der Waals surface area contributed by atoms with Crippen LogP contribution >= 0.6 is 0 Å². The Balaban J connectivity index is 1.82. The van der Waals surface area contributed by atoms with E-state index in [1.807, 2.05) is 6.07 Å². The minimum atomic E-state index is 0.365. The van der Waals surface area contributed by atoms with Gasteiger partial charge in [0.2, 0.25) is 0 Å². The maximum Gasteiger partial charge on any atom is 0.161 e. The summed E-state index contributed by atoms with van der Waals surface area (Å²) >= 11 is 0. The van der Waals surface area contributed by atoms with Gasteiger partial charge in [-0.25, -0.2) is 0 Å². The largest absolute Gasteiger partial charge is 0.500 e. The lowest BCUT2D eigenvalue weighted by Crippen LogP contribution is -2.36. The zero-order valence-electron chi connectivity index (χ0n) is 17.2. The summed E-state index contributed by atoms with van der Waals surface area (Å²) in [5, 5.41) is 4.83. The van der Waals surface area contributed by atoms with Gasteiger partial charge in [0, 0.05) is 12.6 Å². The lowest BCUT2D eigenvalue weighted by Gasteiger charge is -2.33. The quantitative estimate of drug-likeness (QED) is 0.621. The maximum absolute atomic E-state index is 5.62. The summed E-state index contributed by atoms with van der Waals surface area (Å²) < 4.78 is 22.3. The Morgan fingerprint density at radius 3 is 2.14 bits per heavy atom. The Labute approximate surface area is 170 Å². The monoisotopic (exact) mass is 391 g/mol. The summed E-state index contributed by atoms with van der Waals surface area (Å²) in [5.74, 6) is 3.40. The molecule has 0 bridgehead atoms. The molecule has 0 aliphatic carbocycles. The third kappa shape index (κ3) is 2.72. The molecule has 0 aromatic heterocycles. The molecule has 1 atom stereocenters. The van der Waals surface area contributed by atoms with Crippen molar-refractivity contribution >= 4 is 21.5 Å². The molecular weight excluding hydrogens is 366 g/mol. The Morgan fingerprint density at radius 1 is 0.724 bits per heavy atom. The van der Waals surface area contributed by atoms with Crippen molar-refractivity contribution in [1.29, 1.82) is 0 Å². The smallest absolute Gasteiger partial charge is 0.161 e. The normalized spacial score (nSPS) is 18.3. The summed E-state index contributed by atoms with van der Waals surface area (Å²) in [7, 11) is 6.83. The highest BCUT2D eigenvalue weighted by atomic mass is 16.5. The molecule has 3 aromatic carbocycles. The van der Waals surface area contributed by atoms with E-state index in [1.54, 1.807) is 28.4 Å². The second-order valence-corrected chi connectivity index (χ2v) is 7.63. The number of rotatable bonds is 4. The van der Waals surface area contributed by atoms with Gasteiger partial charge in [-0.05, 0) is 69.4 Å². The molecule has 0 spiro atoms. The predicted molar refractivity (Wildman–Crippen MR) is 114 cm³/mol. The SMILES string of the molecule is COC1=C[C@@H]2Cc3c(c4ccc(OC)cc4c4cc(OC)c(OC)cc34)CN2C1. The third-order valence-electron chi connectivity index (χ3n) is 6.30. The summed E-state index contributed by atoms with van der Waals surface area (Å²) in [6.07, 6.45) is 3.21. The first-order valence-electron chi connectivity index (χ1n) is 9.82. The van der Waals surface area contributed by atoms with Crippen LogP contribution in [0.5, 0.6) is 17.2 Å². The van der Waals surface area contributed by atoms with Crippen LogP contribution < -0.4 is 14.2 Å². The first-order valence-corrected chi connectivity index (χ1v) is 9.82. The average Bonchev–Trinajstić information content (AvgIpc) is 3.18. The number of ether oxygens (including phenoxy) is 4. The summed E-state index contributed by atoms with van der Waals surface area (Å²) in [5.41, 5.74) is 2.76. The Morgan fingerprint density at radius 2 is 1.45 bits per heavy atom. The first kappa shape index (κ1) is 18.1.